The fourth-order valence-corrected chi connectivity index (χ4v) is 5.49. The van der Waals surface area contributed by atoms with Gasteiger partial charge in [0.15, 0.2) is 5.82 Å². The number of ether oxygens (including phenoxy) is 1. The summed E-state index contributed by atoms with van der Waals surface area (Å²) < 4.78 is 10.1. The number of aryl methyl sites for hydroxylation is 1. The molecule has 36 heavy (non-hydrogen) atoms. The van der Waals surface area contributed by atoms with Crippen molar-refractivity contribution in [3.8, 4) is 17.3 Å². The van der Waals surface area contributed by atoms with E-state index in [9.17, 15) is 9.90 Å². The lowest BCUT2D eigenvalue weighted by atomic mass is 9.98. The van der Waals surface area contributed by atoms with Gasteiger partial charge in [-0.05, 0) is 61.9 Å². The molecule has 0 bridgehead atoms. The summed E-state index contributed by atoms with van der Waals surface area (Å²) >= 11 is 0. The van der Waals surface area contributed by atoms with E-state index in [2.05, 4.69) is 21.7 Å². The van der Waals surface area contributed by atoms with Gasteiger partial charge < -0.3 is 29.6 Å². The third-order valence-electron chi connectivity index (χ3n) is 7.64. The summed E-state index contributed by atoms with van der Waals surface area (Å²) in [6.07, 6.45) is 5.80. The predicted octanol–water partition coefficient (Wildman–Crippen LogP) is 2.93. The number of amides is 1. The van der Waals surface area contributed by atoms with Gasteiger partial charge >= 0.3 is 0 Å². The molecule has 188 valence electrons. The van der Waals surface area contributed by atoms with Crippen molar-refractivity contribution in [2.45, 2.75) is 44.3 Å². The monoisotopic (exact) mass is 488 g/mol. The van der Waals surface area contributed by atoms with E-state index in [1.54, 1.807) is 18.1 Å². The van der Waals surface area contributed by atoms with Gasteiger partial charge in [0.25, 0.3) is 5.91 Å². The van der Waals surface area contributed by atoms with E-state index in [4.69, 9.17) is 15.5 Å². The van der Waals surface area contributed by atoms with Crippen LogP contribution in [0.4, 0.5) is 0 Å². The van der Waals surface area contributed by atoms with Crippen molar-refractivity contribution in [1.82, 2.24) is 24.0 Å². The quantitative estimate of drug-likeness (QED) is 0.432. The third kappa shape index (κ3) is 3.83. The molecule has 2 atom stereocenters. The minimum atomic E-state index is -0.232. The first kappa shape index (κ1) is 23.0. The maximum atomic E-state index is 13.5. The summed E-state index contributed by atoms with van der Waals surface area (Å²) in [4.78, 5) is 24.9. The number of likely N-dealkylation sites (tertiary alicyclic amines) is 1. The minimum Gasteiger partial charge on any atom is -0.494 e. The zero-order valence-electron chi connectivity index (χ0n) is 20.7. The molecule has 4 heterocycles. The molecule has 1 aliphatic carbocycles. The van der Waals surface area contributed by atoms with Gasteiger partial charge in [-0.3, -0.25) is 4.79 Å². The summed E-state index contributed by atoms with van der Waals surface area (Å²) in [5.74, 6) is 1.90. The van der Waals surface area contributed by atoms with Crippen LogP contribution in [-0.4, -0.2) is 67.4 Å². The molecule has 2 fully saturated rings. The molecule has 1 saturated carbocycles. The number of carbonyl (C=O) groups excluding carboxylic acids is 1. The number of methoxy groups -OCH3 is 1. The number of rotatable bonds is 6. The highest BCUT2D eigenvalue weighted by molar-refractivity contribution is 6.00. The number of aliphatic hydroxyl groups is 1. The molecular formula is C27H32N6O3. The number of nitrogens with zero attached hydrogens (tertiary/aromatic N) is 5. The molecule has 0 radical (unpaired) electrons. The second kappa shape index (κ2) is 8.90. The van der Waals surface area contributed by atoms with Crippen molar-refractivity contribution < 1.29 is 14.6 Å². The second-order valence-corrected chi connectivity index (χ2v) is 10.2. The van der Waals surface area contributed by atoms with Crippen molar-refractivity contribution >= 4 is 28.0 Å². The summed E-state index contributed by atoms with van der Waals surface area (Å²) in [5, 5.41) is 10.9. The van der Waals surface area contributed by atoms with Crippen LogP contribution in [0.5, 0.6) is 5.75 Å². The number of imidazole rings is 1. The molecule has 1 amide bonds. The Morgan fingerprint density at radius 3 is 2.81 bits per heavy atom. The summed E-state index contributed by atoms with van der Waals surface area (Å²) in [6, 6.07) is 9.45. The maximum Gasteiger partial charge on any atom is 0.254 e. The molecule has 6 rings (SSSR count). The van der Waals surface area contributed by atoms with Gasteiger partial charge in [0, 0.05) is 43.3 Å². The van der Waals surface area contributed by atoms with E-state index in [-0.39, 0.29) is 24.6 Å². The van der Waals surface area contributed by atoms with Crippen LogP contribution >= 0.6 is 0 Å². The normalized spacial score (nSPS) is 20.4. The fraction of sp³-hybridized carbons (Fsp3) is 0.444. The molecule has 1 saturated heterocycles. The molecule has 9 heteroatoms. The number of carbonyl (C=O) groups is 1. The number of pyridine rings is 1. The lowest BCUT2D eigenvalue weighted by Crippen LogP contribution is -2.52. The number of benzene rings is 1. The van der Waals surface area contributed by atoms with Crippen molar-refractivity contribution in [2.24, 2.45) is 18.7 Å². The maximum absolute atomic E-state index is 13.5. The topological polar surface area (TPSA) is 111 Å². The number of hydrogen-bond donors (Lipinski definition) is 2. The van der Waals surface area contributed by atoms with E-state index < -0.39 is 0 Å². The zero-order chi connectivity index (χ0) is 25.0. The SMILES string of the molecule is COc1cc(C(=O)N2C[C@H](N)CC[C@H]2CO)cc2nc(-c3cc4cccnc4n3CC3CC3)n(C)c12. The Hall–Kier alpha value is -3.43. The Labute approximate surface area is 209 Å². The molecule has 0 spiro atoms. The molecule has 3 aromatic heterocycles. The lowest BCUT2D eigenvalue weighted by Gasteiger charge is -2.37. The van der Waals surface area contributed by atoms with Crippen LogP contribution in [0.3, 0.4) is 0 Å². The van der Waals surface area contributed by atoms with Crippen molar-refractivity contribution in [2.75, 3.05) is 20.3 Å². The van der Waals surface area contributed by atoms with Crippen LogP contribution < -0.4 is 10.5 Å². The van der Waals surface area contributed by atoms with Crippen molar-refractivity contribution in [3.05, 3.63) is 42.1 Å². The highest BCUT2D eigenvalue weighted by Crippen LogP contribution is 2.37. The molecular weight excluding hydrogens is 456 g/mol. The highest BCUT2D eigenvalue weighted by atomic mass is 16.5. The van der Waals surface area contributed by atoms with E-state index in [1.807, 2.05) is 29.9 Å². The largest absolute Gasteiger partial charge is 0.494 e. The Morgan fingerprint density at radius 2 is 2.06 bits per heavy atom. The Kier molecular flexibility index (Phi) is 5.69. The summed E-state index contributed by atoms with van der Waals surface area (Å²) in [5.41, 5.74) is 10.1. The molecule has 4 aromatic rings. The van der Waals surface area contributed by atoms with Crippen molar-refractivity contribution in [3.63, 3.8) is 0 Å². The van der Waals surface area contributed by atoms with Crippen LogP contribution in [0.25, 0.3) is 33.6 Å². The van der Waals surface area contributed by atoms with Gasteiger partial charge in [-0.25, -0.2) is 9.97 Å². The first-order valence-electron chi connectivity index (χ1n) is 12.6. The van der Waals surface area contributed by atoms with Gasteiger partial charge in [0.2, 0.25) is 0 Å². The highest BCUT2D eigenvalue weighted by Gasteiger charge is 2.32. The predicted molar refractivity (Wildman–Crippen MR) is 138 cm³/mol. The smallest absolute Gasteiger partial charge is 0.254 e. The van der Waals surface area contributed by atoms with E-state index in [0.717, 1.165) is 41.0 Å². The van der Waals surface area contributed by atoms with Crippen LogP contribution in [0.15, 0.2) is 36.5 Å². The molecule has 1 aromatic carbocycles. The van der Waals surface area contributed by atoms with Crippen LogP contribution in [0, 0.1) is 5.92 Å². The molecule has 1 aliphatic heterocycles. The zero-order valence-corrected chi connectivity index (χ0v) is 20.7. The average Bonchev–Trinajstić information content (AvgIpc) is 3.56. The van der Waals surface area contributed by atoms with Gasteiger partial charge in [0.1, 0.15) is 16.9 Å². The number of aliphatic hydroxyl groups excluding tert-OH is 1. The summed E-state index contributed by atoms with van der Waals surface area (Å²) in [6.45, 7) is 1.26. The van der Waals surface area contributed by atoms with Gasteiger partial charge in [-0.15, -0.1) is 0 Å². The van der Waals surface area contributed by atoms with Gasteiger partial charge in [-0.1, -0.05) is 0 Å². The number of nitrogens with two attached hydrogens (primary N) is 1. The molecule has 2 aliphatic rings. The van der Waals surface area contributed by atoms with Gasteiger partial charge in [0.05, 0.1) is 31.0 Å². The van der Waals surface area contributed by atoms with Crippen LogP contribution in [0.2, 0.25) is 0 Å². The lowest BCUT2D eigenvalue weighted by molar-refractivity contribution is 0.0472. The average molecular weight is 489 g/mol. The Morgan fingerprint density at radius 1 is 1.22 bits per heavy atom. The number of aromatic nitrogens is 4. The second-order valence-electron chi connectivity index (χ2n) is 10.2. The molecule has 9 nitrogen and oxygen atoms in total. The summed E-state index contributed by atoms with van der Waals surface area (Å²) in [7, 11) is 3.59. The Bertz CT molecular complexity index is 1450. The fourth-order valence-electron chi connectivity index (χ4n) is 5.49. The van der Waals surface area contributed by atoms with E-state index in [0.29, 0.717) is 35.7 Å². The minimum absolute atomic E-state index is 0.0782. The first-order valence-corrected chi connectivity index (χ1v) is 12.6. The van der Waals surface area contributed by atoms with Crippen LogP contribution in [-0.2, 0) is 13.6 Å². The van der Waals surface area contributed by atoms with Gasteiger partial charge in [-0.2, -0.15) is 0 Å². The van der Waals surface area contributed by atoms with E-state index >= 15 is 0 Å². The van der Waals surface area contributed by atoms with E-state index in [1.165, 1.54) is 12.8 Å². The molecule has 0 unspecified atom stereocenters. The standard InChI is InChI=1S/C27H32N6O3/c1-31-24-21(10-18(12-23(24)36-2)27(35)32-14-19(28)7-8-20(32)15-34)30-26(31)22-11-17-4-3-9-29-25(17)33(22)13-16-5-6-16/h3-4,9-12,16,19-20,34H,5-8,13-15,28H2,1-2H3/t19-,20+/m1/s1. The first-order chi connectivity index (χ1) is 17.5. The molecule has 3 N–H and O–H groups in total. The Balaban J connectivity index is 1.47. The van der Waals surface area contributed by atoms with Crippen molar-refractivity contribution in [1.29, 1.82) is 0 Å². The third-order valence-corrected chi connectivity index (χ3v) is 7.64. The number of fused-ring (bicyclic) bond motifs is 2. The number of piperidine rings is 1. The number of hydrogen-bond acceptors (Lipinski definition) is 6. The van der Waals surface area contributed by atoms with Crippen LogP contribution in [0.1, 0.15) is 36.0 Å².